The molecule has 5 aromatic rings. The molecule has 3 aromatic heterocycles. The van der Waals surface area contributed by atoms with Crippen LogP contribution in [0.15, 0.2) is 67.0 Å². The van der Waals surface area contributed by atoms with Gasteiger partial charge in [-0.3, -0.25) is 19.4 Å². The largest absolute Gasteiger partial charge is 0.465 e. The molecule has 1 fully saturated rings. The molecule has 0 unspecified atom stereocenters. The van der Waals surface area contributed by atoms with Crippen LogP contribution in [0.25, 0.3) is 16.8 Å². The summed E-state index contributed by atoms with van der Waals surface area (Å²) in [6.07, 6.45) is 1.30. The van der Waals surface area contributed by atoms with Gasteiger partial charge in [-0.25, -0.2) is 28.9 Å². The van der Waals surface area contributed by atoms with E-state index >= 15 is 0 Å². The number of alkyl halides is 1. The van der Waals surface area contributed by atoms with Gasteiger partial charge in [-0.2, -0.15) is 0 Å². The number of nitrogens with zero attached hydrogens (tertiary/aromatic N) is 5. The first-order valence-corrected chi connectivity index (χ1v) is 14.8. The maximum Gasteiger partial charge on any atom is 0.410 e. The van der Waals surface area contributed by atoms with Crippen LogP contribution in [0, 0.1) is 6.92 Å². The van der Waals surface area contributed by atoms with Gasteiger partial charge >= 0.3 is 12.1 Å². The molecule has 3 N–H and O–H groups in total. The van der Waals surface area contributed by atoms with Gasteiger partial charge in [0.1, 0.15) is 40.5 Å². The monoisotopic (exact) mass is 629 g/mol. The molecular formula is C31H28FN7O5S. The van der Waals surface area contributed by atoms with Crippen molar-refractivity contribution in [2.45, 2.75) is 32.2 Å². The summed E-state index contributed by atoms with van der Waals surface area (Å²) in [6.45, 7) is 1.58. The number of amides is 2. The number of thiazole rings is 1. The number of nitrogens with two attached hydrogens (primary N) is 1. The molecule has 1 saturated heterocycles. The average molecular weight is 630 g/mol. The molecule has 230 valence electrons. The number of anilines is 2. The van der Waals surface area contributed by atoms with Gasteiger partial charge in [0, 0.05) is 29.9 Å². The van der Waals surface area contributed by atoms with Crippen LogP contribution in [0.4, 0.5) is 20.1 Å². The maximum atomic E-state index is 14.8. The van der Waals surface area contributed by atoms with Crippen molar-refractivity contribution in [3.63, 3.8) is 0 Å². The summed E-state index contributed by atoms with van der Waals surface area (Å²) in [4.78, 5) is 52.9. The van der Waals surface area contributed by atoms with Gasteiger partial charge in [0.25, 0.3) is 5.91 Å². The second kappa shape index (κ2) is 12.3. The fraction of sp³-hybridized carbons (Fsp3) is 0.226. The fourth-order valence-corrected chi connectivity index (χ4v) is 6.12. The molecule has 1 aliphatic heterocycles. The Morgan fingerprint density at radius 3 is 2.60 bits per heavy atom. The molecule has 45 heavy (non-hydrogen) atoms. The van der Waals surface area contributed by atoms with Crippen molar-refractivity contribution in [1.82, 2.24) is 24.3 Å². The summed E-state index contributed by atoms with van der Waals surface area (Å²) < 4.78 is 26.8. The second-order valence-corrected chi connectivity index (χ2v) is 11.3. The fourth-order valence-electron chi connectivity index (χ4n) is 5.24. The normalized spacial score (nSPS) is 16.1. The van der Waals surface area contributed by atoms with Crippen LogP contribution < -0.4 is 11.1 Å². The number of aromatic nitrogens is 4. The van der Waals surface area contributed by atoms with E-state index < -0.39 is 30.2 Å². The number of hydrogen-bond acceptors (Lipinski definition) is 10. The van der Waals surface area contributed by atoms with Gasteiger partial charge in [-0.1, -0.05) is 53.8 Å². The standard InChI is InChI=1S/C31H28FN7O5S/c1-17-25(29(41)43-2)45-30(35-17)37-28(40)20-10-8-19(9-11-20)23-24-26(33)34-12-13-38(24)27(36-23)22-14-21(32)15-39(22)31(42)44-16-18-6-4-3-5-7-18/h3-13,21-22H,14-16H2,1-2H3,(H2,33,34)(H,35,37,40)/t21-,22-/m0/s1. The molecule has 0 aliphatic carbocycles. The van der Waals surface area contributed by atoms with E-state index in [9.17, 15) is 18.8 Å². The molecule has 4 heterocycles. The zero-order valence-corrected chi connectivity index (χ0v) is 25.1. The summed E-state index contributed by atoms with van der Waals surface area (Å²) in [6, 6.07) is 15.2. The molecule has 0 bridgehead atoms. The summed E-state index contributed by atoms with van der Waals surface area (Å²) in [7, 11) is 1.28. The Balaban J connectivity index is 1.26. The number of rotatable bonds is 7. The third-order valence-electron chi connectivity index (χ3n) is 7.41. The Morgan fingerprint density at radius 2 is 1.87 bits per heavy atom. The smallest absolute Gasteiger partial charge is 0.410 e. The van der Waals surface area contributed by atoms with Gasteiger partial charge in [-0.05, 0) is 24.6 Å². The number of carbonyl (C=O) groups excluding carboxylic acids is 3. The van der Waals surface area contributed by atoms with Gasteiger partial charge in [0.2, 0.25) is 0 Å². The van der Waals surface area contributed by atoms with Crippen molar-refractivity contribution in [1.29, 1.82) is 0 Å². The highest BCUT2D eigenvalue weighted by molar-refractivity contribution is 7.17. The number of ether oxygens (including phenoxy) is 2. The molecule has 0 radical (unpaired) electrons. The average Bonchev–Trinajstić information content (AvgIpc) is 3.74. The van der Waals surface area contributed by atoms with Crippen LogP contribution in [-0.4, -0.2) is 62.0 Å². The highest BCUT2D eigenvalue weighted by Crippen LogP contribution is 2.38. The summed E-state index contributed by atoms with van der Waals surface area (Å²) >= 11 is 1.02. The Kier molecular flexibility index (Phi) is 8.13. The van der Waals surface area contributed by atoms with Crippen LogP contribution in [-0.2, 0) is 16.1 Å². The molecule has 2 aromatic carbocycles. The third-order valence-corrected chi connectivity index (χ3v) is 8.46. The molecular weight excluding hydrogens is 601 g/mol. The van der Waals surface area contributed by atoms with E-state index in [1.807, 2.05) is 30.3 Å². The van der Waals surface area contributed by atoms with Crippen LogP contribution >= 0.6 is 11.3 Å². The number of carbonyl (C=O) groups is 3. The SMILES string of the molecule is COC(=O)c1sc(NC(=O)c2ccc(-c3nc([C@@H]4C[C@H](F)CN4C(=O)OCc4ccccc4)n4ccnc(N)c34)cc2)nc1C. The van der Waals surface area contributed by atoms with Crippen molar-refractivity contribution in [2.75, 3.05) is 24.7 Å². The lowest BCUT2D eigenvalue weighted by molar-refractivity contribution is 0.0605. The minimum absolute atomic E-state index is 0.0360. The number of nitrogens with one attached hydrogen (secondary N) is 1. The Morgan fingerprint density at radius 1 is 1.11 bits per heavy atom. The second-order valence-electron chi connectivity index (χ2n) is 10.3. The number of esters is 1. The van der Waals surface area contributed by atoms with Crippen molar-refractivity contribution in [2.24, 2.45) is 0 Å². The van der Waals surface area contributed by atoms with Crippen LogP contribution in [0.1, 0.15) is 49.6 Å². The molecule has 0 spiro atoms. The lowest BCUT2D eigenvalue weighted by atomic mass is 10.1. The predicted molar refractivity (Wildman–Crippen MR) is 165 cm³/mol. The van der Waals surface area contributed by atoms with Gasteiger partial charge < -0.3 is 15.2 Å². The van der Waals surface area contributed by atoms with Crippen LogP contribution in [0.5, 0.6) is 0 Å². The number of aryl methyl sites for hydroxylation is 1. The molecule has 6 rings (SSSR count). The zero-order valence-electron chi connectivity index (χ0n) is 24.3. The highest BCUT2D eigenvalue weighted by atomic mass is 32.1. The first kappa shape index (κ1) is 29.7. The quantitative estimate of drug-likeness (QED) is 0.231. The van der Waals surface area contributed by atoms with E-state index in [1.165, 1.54) is 18.2 Å². The first-order valence-electron chi connectivity index (χ1n) is 13.9. The Bertz CT molecular complexity index is 1890. The first-order chi connectivity index (χ1) is 21.7. The predicted octanol–water partition coefficient (Wildman–Crippen LogP) is 5.20. The molecule has 12 nitrogen and oxygen atoms in total. The molecule has 2 atom stereocenters. The van der Waals surface area contributed by atoms with Crippen molar-refractivity contribution >= 4 is 45.8 Å². The third kappa shape index (κ3) is 5.91. The van der Waals surface area contributed by atoms with Crippen LogP contribution in [0.2, 0.25) is 0 Å². The number of nitrogen functional groups attached to an aromatic ring is 1. The van der Waals surface area contributed by atoms with Gasteiger partial charge in [0.05, 0.1) is 25.4 Å². The van der Waals surface area contributed by atoms with Crippen molar-refractivity contribution in [3.8, 4) is 11.3 Å². The number of methoxy groups -OCH3 is 1. The van der Waals surface area contributed by atoms with E-state index in [0.29, 0.717) is 38.7 Å². The van der Waals surface area contributed by atoms with E-state index in [4.69, 9.17) is 20.2 Å². The summed E-state index contributed by atoms with van der Waals surface area (Å²) in [5.41, 5.74) is 9.47. The highest BCUT2D eigenvalue weighted by Gasteiger charge is 2.40. The minimum Gasteiger partial charge on any atom is -0.465 e. The van der Waals surface area contributed by atoms with Gasteiger partial charge in [0.15, 0.2) is 5.13 Å². The number of benzene rings is 2. The lowest BCUT2D eigenvalue weighted by Crippen LogP contribution is -2.32. The summed E-state index contributed by atoms with van der Waals surface area (Å²) in [5.74, 6) is -0.343. The summed E-state index contributed by atoms with van der Waals surface area (Å²) in [5, 5.41) is 2.97. The van der Waals surface area contributed by atoms with E-state index in [2.05, 4.69) is 15.3 Å². The minimum atomic E-state index is -1.27. The maximum absolute atomic E-state index is 14.8. The van der Waals surface area contributed by atoms with Crippen molar-refractivity contribution < 1.29 is 28.2 Å². The van der Waals surface area contributed by atoms with E-state index in [-0.39, 0.29) is 30.5 Å². The number of fused-ring (bicyclic) bond motifs is 1. The molecule has 14 heteroatoms. The Labute approximate surface area is 260 Å². The Hall–Kier alpha value is -5.37. The lowest BCUT2D eigenvalue weighted by Gasteiger charge is -2.23. The number of imidazole rings is 1. The molecule has 0 saturated carbocycles. The van der Waals surface area contributed by atoms with Crippen molar-refractivity contribution in [3.05, 3.63) is 94.5 Å². The number of likely N-dealkylation sites (tertiary alicyclic amines) is 1. The molecule has 2 amide bonds. The van der Waals surface area contributed by atoms with E-state index in [0.717, 1.165) is 16.9 Å². The number of hydrogen-bond donors (Lipinski definition) is 2. The van der Waals surface area contributed by atoms with E-state index in [1.54, 1.807) is 41.8 Å². The zero-order chi connectivity index (χ0) is 31.7. The van der Waals surface area contributed by atoms with Crippen LogP contribution in [0.3, 0.4) is 0 Å². The topological polar surface area (TPSA) is 154 Å². The number of halogens is 1. The van der Waals surface area contributed by atoms with Gasteiger partial charge in [-0.15, -0.1) is 0 Å². The molecule has 1 aliphatic rings.